The molecule has 0 aliphatic carbocycles. The second-order valence-electron chi connectivity index (χ2n) is 4.50. The Balaban J connectivity index is 2.33. The smallest absolute Gasteiger partial charge is 0.0434 e. The Bertz CT molecular complexity index is 189. The molecule has 0 aromatic carbocycles. The number of piperidine rings is 1. The number of nitrogens with zero attached hydrogens (tertiary/aromatic N) is 1. The van der Waals surface area contributed by atoms with Crippen LogP contribution in [0.4, 0.5) is 0 Å². The third-order valence-corrected chi connectivity index (χ3v) is 3.31. The highest BCUT2D eigenvalue weighted by Crippen LogP contribution is 2.30. The highest BCUT2D eigenvalue weighted by Gasteiger charge is 2.25. The van der Waals surface area contributed by atoms with Gasteiger partial charge in [0, 0.05) is 17.1 Å². The summed E-state index contributed by atoms with van der Waals surface area (Å²) in [5, 5.41) is 0.737. The number of halogens is 2. The minimum atomic E-state index is 0.508. The monoisotopic (exact) mass is 221 g/mol. The van der Waals surface area contributed by atoms with E-state index < -0.39 is 0 Å². The van der Waals surface area contributed by atoms with Crippen LogP contribution in [0.2, 0.25) is 0 Å². The van der Waals surface area contributed by atoms with Gasteiger partial charge in [-0.3, -0.25) is 4.90 Å². The Morgan fingerprint density at radius 2 is 1.92 bits per heavy atom. The van der Waals surface area contributed by atoms with Crippen LogP contribution in [0, 0.1) is 5.41 Å². The molecule has 0 amide bonds. The fourth-order valence-electron chi connectivity index (χ4n) is 1.56. The van der Waals surface area contributed by atoms with Gasteiger partial charge in [0.2, 0.25) is 0 Å². The first-order valence-electron chi connectivity index (χ1n) is 4.71. The van der Waals surface area contributed by atoms with E-state index in [0.29, 0.717) is 5.41 Å². The van der Waals surface area contributed by atoms with E-state index >= 15 is 0 Å². The van der Waals surface area contributed by atoms with Crippen molar-refractivity contribution < 1.29 is 0 Å². The van der Waals surface area contributed by atoms with Crippen molar-refractivity contribution >= 4 is 23.2 Å². The zero-order valence-corrected chi connectivity index (χ0v) is 9.83. The molecule has 0 aromatic heterocycles. The Morgan fingerprint density at radius 3 is 2.38 bits per heavy atom. The van der Waals surface area contributed by atoms with E-state index in [9.17, 15) is 0 Å². The molecule has 0 radical (unpaired) electrons. The van der Waals surface area contributed by atoms with E-state index in [1.165, 1.54) is 18.4 Å². The molecule has 1 fully saturated rings. The Morgan fingerprint density at radius 1 is 1.38 bits per heavy atom. The maximum Gasteiger partial charge on any atom is 0.0434 e. The summed E-state index contributed by atoms with van der Waals surface area (Å²) in [6.07, 6.45) is 2.50. The van der Waals surface area contributed by atoms with Crippen LogP contribution in [0.5, 0.6) is 0 Å². The maximum absolute atomic E-state index is 5.86. The van der Waals surface area contributed by atoms with Gasteiger partial charge >= 0.3 is 0 Å². The molecular weight excluding hydrogens is 205 g/mol. The quantitative estimate of drug-likeness (QED) is 0.691. The lowest BCUT2D eigenvalue weighted by Crippen LogP contribution is -2.37. The molecule has 1 aliphatic heterocycles. The Hall–Kier alpha value is 0.280. The molecule has 0 saturated carbocycles. The Labute approximate surface area is 90.7 Å². The van der Waals surface area contributed by atoms with Crippen LogP contribution in [-0.4, -0.2) is 24.5 Å². The summed E-state index contributed by atoms with van der Waals surface area (Å²) < 4.78 is 0. The highest BCUT2D eigenvalue weighted by atomic mass is 35.5. The van der Waals surface area contributed by atoms with E-state index in [4.69, 9.17) is 23.2 Å². The predicted octanol–water partition coefficient (Wildman–Crippen LogP) is 3.43. The summed E-state index contributed by atoms with van der Waals surface area (Å²) in [5.74, 6) is 0. The molecular formula is C10H17Cl2N. The molecule has 0 bridgehead atoms. The minimum Gasteiger partial charge on any atom is -0.298 e. The molecule has 1 nitrogen and oxygen atoms in total. The van der Waals surface area contributed by atoms with E-state index in [2.05, 4.69) is 18.7 Å². The number of hydrogen-bond acceptors (Lipinski definition) is 1. The molecule has 1 rings (SSSR count). The summed E-state index contributed by atoms with van der Waals surface area (Å²) in [5.41, 5.74) is 1.97. The zero-order valence-electron chi connectivity index (χ0n) is 8.32. The van der Waals surface area contributed by atoms with Crippen LogP contribution in [0.15, 0.2) is 10.6 Å². The molecule has 0 atom stereocenters. The normalized spacial score (nSPS) is 24.8. The van der Waals surface area contributed by atoms with E-state index in [1.54, 1.807) is 0 Å². The summed E-state index contributed by atoms with van der Waals surface area (Å²) in [7, 11) is 0. The van der Waals surface area contributed by atoms with Gasteiger partial charge in [-0.15, -0.1) is 0 Å². The van der Waals surface area contributed by atoms with Crippen LogP contribution in [0.3, 0.4) is 0 Å². The Kier molecular flexibility index (Phi) is 4.08. The van der Waals surface area contributed by atoms with Crippen molar-refractivity contribution in [3.63, 3.8) is 0 Å². The maximum atomic E-state index is 5.86. The van der Waals surface area contributed by atoms with Gasteiger partial charge in [-0.2, -0.15) is 0 Å². The molecule has 3 heteroatoms. The molecule has 0 aromatic rings. The van der Waals surface area contributed by atoms with Crippen LogP contribution in [-0.2, 0) is 0 Å². The second kappa shape index (κ2) is 4.68. The second-order valence-corrected chi connectivity index (χ2v) is 5.20. The fourth-order valence-corrected chi connectivity index (χ4v) is 1.80. The molecule has 1 heterocycles. The van der Waals surface area contributed by atoms with Crippen molar-refractivity contribution in [2.45, 2.75) is 26.7 Å². The summed E-state index contributed by atoms with van der Waals surface area (Å²) in [6.45, 7) is 7.72. The topological polar surface area (TPSA) is 3.24 Å². The first-order chi connectivity index (χ1) is 6.03. The van der Waals surface area contributed by atoms with E-state index in [1.807, 2.05) is 0 Å². The van der Waals surface area contributed by atoms with Crippen molar-refractivity contribution in [1.82, 2.24) is 4.90 Å². The standard InChI is InChI=1S/C10H17Cl2N/c1-10(2)3-5-13(6-4-10)8-9(12)7-11/h7H,3-6,8H2,1-2H3/b9-7-. The molecule has 1 aliphatic rings. The van der Waals surface area contributed by atoms with Crippen LogP contribution >= 0.6 is 23.2 Å². The van der Waals surface area contributed by atoms with Crippen LogP contribution in [0.25, 0.3) is 0 Å². The van der Waals surface area contributed by atoms with Gasteiger partial charge in [0.25, 0.3) is 0 Å². The van der Waals surface area contributed by atoms with Gasteiger partial charge in [-0.05, 0) is 31.3 Å². The molecule has 0 unspecified atom stereocenters. The summed E-state index contributed by atoms with van der Waals surface area (Å²) in [4.78, 5) is 2.35. The zero-order chi connectivity index (χ0) is 9.90. The largest absolute Gasteiger partial charge is 0.298 e. The number of likely N-dealkylation sites (tertiary alicyclic amines) is 1. The number of rotatable bonds is 2. The minimum absolute atomic E-state index is 0.508. The lowest BCUT2D eigenvalue weighted by Gasteiger charge is -2.36. The first kappa shape index (κ1) is 11.4. The predicted molar refractivity (Wildman–Crippen MR) is 59.2 cm³/mol. The van der Waals surface area contributed by atoms with Crippen molar-refractivity contribution in [1.29, 1.82) is 0 Å². The fraction of sp³-hybridized carbons (Fsp3) is 0.800. The highest BCUT2D eigenvalue weighted by molar-refractivity contribution is 6.36. The van der Waals surface area contributed by atoms with Gasteiger partial charge in [-0.1, -0.05) is 37.0 Å². The lowest BCUT2D eigenvalue weighted by atomic mass is 9.83. The van der Waals surface area contributed by atoms with Gasteiger partial charge in [-0.25, -0.2) is 0 Å². The van der Waals surface area contributed by atoms with Gasteiger partial charge in [0.15, 0.2) is 0 Å². The SMILES string of the molecule is CC1(C)CCN(C/C(Cl)=C/Cl)CC1. The van der Waals surface area contributed by atoms with Gasteiger partial charge in [0.1, 0.15) is 0 Å². The molecule has 76 valence electrons. The third-order valence-electron chi connectivity index (χ3n) is 2.70. The van der Waals surface area contributed by atoms with Crippen molar-refractivity contribution in [2.24, 2.45) is 5.41 Å². The van der Waals surface area contributed by atoms with Crippen LogP contribution in [0.1, 0.15) is 26.7 Å². The molecule has 1 saturated heterocycles. The van der Waals surface area contributed by atoms with Gasteiger partial charge < -0.3 is 0 Å². The molecule has 0 N–H and O–H groups in total. The van der Waals surface area contributed by atoms with E-state index in [-0.39, 0.29) is 0 Å². The lowest BCUT2D eigenvalue weighted by molar-refractivity contribution is 0.143. The molecule has 13 heavy (non-hydrogen) atoms. The average Bonchev–Trinajstić information content (AvgIpc) is 2.08. The van der Waals surface area contributed by atoms with Crippen molar-refractivity contribution in [3.8, 4) is 0 Å². The van der Waals surface area contributed by atoms with Gasteiger partial charge in [0.05, 0.1) is 0 Å². The van der Waals surface area contributed by atoms with Crippen molar-refractivity contribution in [3.05, 3.63) is 10.6 Å². The first-order valence-corrected chi connectivity index (χ1v) is 5.52. The third kappa shape index (κ3) is 3.88. The summed E-state index contributed by atoms with van der Waals surface area (Å²) in [6, 6.07) is 0. The van der Waals surface area contributed by atoms with Crippen molar-refractivity contribution in [2.75, 3.05) is 19.6 Å². The average molecular weight is 222 g/mol. The summed E-state index contributed by atoms with van der Waals surface area (Å²) >= 11 is 11.4. The number of hydrogen-bond donors (Lipinski definition) is 0. The molecule has 0 spiro atoms. The van der Waals surface area contributed by atoms with E-state index in [0.717, 1.165) is 24.7 Å². The van der Waals surface area contributed by atoms with Crippen LogP contribution < -0.4 is 0 Å².